The van der Waals surface area contributed by atoms with Crippen LogP contribution in [0.25, 0.3) is 17.2 Å². The highest BCUT2D eigenvalue weighted by atomic mass is 35.5. The average Bonchev–Trinajstić information content (AvgIpc) is 3.38. The third kappa shape index (κ3) is 4.14. The van der Waals surface area contributed by atoms with E-state index >= 15 is 0 Å². The molecule has 3 N–H and O–H groups in total. The zero-order chi connectivity index (χ0) is 19.5. The van der Waals surface area contributed by atoms with E-state index in [1.54, 1.807) is 19.2 Å². The number of rotatable bonds is 6. The van der Waals surface area contributed by atoms with Gasteiger partial charge in [0.25, 0.3) is 5.91 Å². The second kappa shape index (κ2) is 8.61. The van der Waals surface area contributed by atoms with Crippen LogP contribution in [0.15, 0.2) is 53.1 Å². The number of hydrogen-bond donors (Lipinski definition) is 2. The Morgan fingerprint density at radius 2 is 2.07 bits per heavy atom. The van der Waals surface area contributed by atoms with Gasteiger partial charge in [0.2, 0.25) is 11.8 Å². The van der Waals surface area contributed by atoms with Crippen LogP contribution in [0.1, 0.15) is 16.1 Å². The summed E-state index contributed by atoms with van der Waals surface area (Å²) in [5.74, 6) is 1.39. The number of methoxy groups -OCH3 is 1. The van der Waals surface area contributed by atoms with Crippen LogP contribution in [0.2, 0.25) is 0 Å². The molecule has 10 heteroatoms. The molecule has 0 unspecified atom stereocenters. The van der Waals surface area contributed by atoms with Crippen LogP contribution in [0.3, 0.4) is 0 Å². The lowest BCUT2D eigenvalue weighted by Gasteiger charge is -2.09. The minimum atomic E-state index is -0.341. The van der Waals surface area contributed by atoms with E-state index in [9.17, 15) is 4.79 Å². The van der Waals surface area contributed by atoms with Crippen molar-refractivity contribution in [2.24, 2.45) is 0 Å². The van der Waals surface area contributed by atoms with Crippen molar-refractivity contribution in [3.63, 3.8) is 0 Å². The molecular formula is C19H19ClN6O3. The molecule has 0 fully saturated rings. The Kier molecular flexibility index (Phi) is 5.99. The quantitative estimate of drug-likeness (QED) is 0.496. The highest BCUT2D eigenvalue weighted by Gasteiger charge is 2.16. The number of nitrogen functional groups attached to an aromatic ring is 1. The fourth-order valence-corrected chi connectivity index (χ4v) is 2.85. The topological polar surface area (TPSA) is 121 Å². The fourth-order valence-electron chi connectivity index (χ4n) is 2.85. The van der Waals surface area contributed by atoms with E-state index in [2.05, 4.69) is 20.4 Å². The predicted octanol–water partition coefficient (Wildman–Crippen LogP) is 2.37. The van der Waals surface area contributed by atoms with Crippen LogP contribution < -0.4 is 15.8 Å². The zero-order valence-corrected chi connectivity index (χ0v) is 16.3. The molecule has 1 amide bonds. The highest BCUT2D eigenvalue weighted by Crippen LogP contribution is 2.19. The van der Waals surface area contributed by atoms with E-state index in [1.807, 2.05) is 24.3 Å². The van der Waals surface area contributed by atoms with Gasteiger partial charge in [0.15, 0.2) is 11.4 Å². The Morgan fingerprint density at radius 1 is 1.24 bits per heavy atom. The molecule has 0 atom stereocenters. The maximum absolute atomic E-state index is 12.5. The summed E-state index contributed by atoms with van der Waals surface area (Å²) in [6.07, 6.45) is 2.16. The van der Waals surface area contributed by atoms with Crippen molar-refractivity contribution in [3.8, 4) is 17.3 Å². The van der Waals surface area contributed by atoms with Gasteiger partial charge in [-0.25, -0.2) is 9.97 Å². The first-order valence-corrected chi connectivity index (χ1v) is 8.63. The molecule has 0 aliphatic rings. The van der Waals surface area contributed by atoms with E-state index in [0.717, 1.165) is 11.3 Å². The summed E-state index contributed by atoms with van der Waals surface area (Å²) in [6.45, 7) is 0.427. The maximum atomic E-state index is 12.5. The summed E-state index contributed by atoms with van der Waals surface area (Å²) in [5.41, 5.74) is 7.53. The lowest BCUT2D eigenvalue weighted by atomic mass is 10.1. The van der Waals surface area contributed by atoms with Crippen molar-refractivity contribution in [1.82, 2.24) is 24.9 Å². The van der Waals surface area contributed by atoms with Crippen LogP contribution in [-0.2, 0) is 6.42 Å². The molecule has 29 heavy (non-hydrogen) atoms. The average molecular weight is 415 g/mol. The molecule has 4 aromatic rings. The number of carbonyl (C=O) groups is 1. The minimum absolute atomic E-state index is 0. The molecular weight excluding hydrogens is 396 g/mol. The van der Waals surface area contributed by atoms with Crippen molar-refractivity contribution >= 4 is 29.9 Å². The summed E-state index contributed by atoms with van der Waals surface area (Å²) in [5, 5.41) is 7.09. The zero-order valence-electron chi connectivity index (χ0n) is 15.5. The van der Waals surface area contributed by atoms with Gasteiger partial charge in [0.1, 0.15) is 11.4 Å². The smallest absolute Gasteiger partial charge is 0.270 e. The highest BCUT2D eigenvalue weighted by molar-refractivity contribution is 5.93. The first-order valence-electron chi connectivity index (χ1n) is 8.63. The summed E-state index contributed by atoms with van der Waals surface area (Å²) in [6, 6.07) is 12.7. The van der Waals surface area contributed by atoms with E-state index in [4.69, 9.17) is 14.9 Å². The van der Waals surface area contributed by atoms with Crippen LogP contribution in [0.5, 0.6) is 5.75 Å². The lowest BCUT2D eigenvalue weighted by Crippen LogP contribution is -2.27. The standard InChI is InChI=1S/C19H18N6O3.ClH/c1-27-14-6-3-2-5-12(14)8-9-21-18(26)13-11-16-23-17(15-7-4-10-28-15)24-25(16)19(20)22-13;/h2-7,10-11H,8-9H2,1H3,(H2,20,22)(H,21,26);1H. The molecule has 0 radical (unpaired) electrons. The van der Waals surface area contributed by atoms with Crippen molar-refractivity contribution in [2.75, 3.05) is 19.4 Å². The van der Waals surface area contributed by atoms with Crippen LogP contribution in [-0.4, -0.2) is 39.1 Å². The van der Waals surface area contributed by atoms with Crippen molar-refractivity contribution in [3.05, 3.63) is 60.0 Å². The summed E-state index contributed by atoms with van der Waals surface area (Å²) in [4.78, 5) is 21.0. The molecule has 150 valence electrons. The second-order valence-corrected chi connectivity index (χ2v) is 6.00. The number of aromatic nitrogens is 4. The number of halogens is 1. The third-order valence-corrected chi connectivity index (χ3v) is 4.20. The molecule has 0 aliphatic carbocycles. The summed E-state index contributed by atoms with van der Waals surface area (Å²) < 4.78 is 12.0. The van der Waals surface area contributed by atoms with Crippen LogP contribution in [0, 0.1) is 0 Å². The van der Waals surface area contributed by atoms with Gasteiger partial charge < -0.3 is 20.2 Å². The number of para-hydroxylation sites is 1. The summed E-state index contributed by atoms with van der Waals surface area (Å²) >= 11 is 0. The number of furan rings is 1. The summed E-state index contributed by atoms with van der Waals surface area (Å²) in [7, 11) is 1.62. The molecule has 0 saturated heterocycles. The molecule has 3 aromatic heterocycles. The molecule has 0 saturated carbocycles. The predicted molar refractivity (Wildman–Crippen MR) is 109 cm³/mol. The van der Waals surface area contributed by atoms with E-state index in [1.165, 1.54) is 16.8 Å². The first-order chi connectivity index (χ1) is 13.7. The fraction of sp³-hybridized carbons (Fsp3) is 0.158. The molecule has 0 bridgehead atoms. The molecule has 1 aromatic carbocycles. The first kappa shape index (κ1) is 20.2. The minimum Gasteiger partial charge on any atom is -0.496 e. The Labute approximate surface area is 172 Å². The number of benzene rings is 1. The van der Waals surface area contributed by atoms with Crippen molar-refractivity contribution in [2.45, 2.75) is 6.42 Å². The molecule has 4 rings (SSSR count). The van der Waals surface area contributed by atoms with Gasteiger partial charge >= 0.3 is 0 Å². The third-order valence-electron chi connectivity index (χ3n) is 4.20. The number of ether oxygens (including phenoxy) is 1. The van der Waals surface area contributed by atoms with Crippen LogP contribution >= 0.6 is 12.4 Å². The van der Waals surface area contributed by atoms with Gasteiger partial charge in [-0.15, -0.1) is 17.5 Å². The number of nitrogens with zero attached hydrogens (tertiary/aromatic N) is 4. The Morgan fingerprint density at radius 3 is 2.83 bits per heavy atom. The largest absolute Gasteiger partial charge is 0.496 e. The van der Waals surface area contributed by atoms with Gasteiger partial charge in [-0.1, -0.05) is 18.2 Å². The van der Waals surface area contributed by atoms with Crippen molar-refractivity contribution in [1.29, 1.82) is 0 Å². The van der Waals surface area contributed by atoms with Crippen LogP contribution in [0.4, 0.5) is 5.95 Å². The van der Waals surface area contributed by atoms with Gasteiger partial charge in [-0.05, 0) is 30.2 Å². The Balaban J connectivity index is 0.00000240. The van der Waals surface area contributed by atoms with Gasteiger partial charge in [-0.3, -0.25) is 4.79 Å². The molecule has 3 heterocycles. The monoisotopic (exact) mass is 414 g/mol. The number of nitrogens with two attached hydrogens (primary N) is 1. The number of fused-ring (bicyclic) bond motifs is 1. The number of anilines is 1. The number of hydrogen-bond acceptors (Lipinski definition) is 7. The van der Waals surface area contributed by atoms with E-state index < -0.39 is 0 Å². The number of amides is 1. The van der Waals surface area contributed by atoms with E-state index in [0.29, 0.717) is 30.2 Å². The van der Waals surface area contributed by atoms with Gasteiger partial charge in [-0.2, -0.15) is 4.52 Å². The Hall–Kier alpha value is -3.59. The van der Waals surface area contributed by atoms with Gasteiger partial charge in [0, 0.05) is 12.6 Å². The lowest BCUT2D eigenvalue weighted by molar-refractivity contribution is 0.0949. The van der Waals surface area contributed by atoms with E-state index in [-0.39, 0.29) is 30.0 Å². The number of carbonyl (C=O) groups excluding carboxylic acids is 1. The molecule has 9 nitrogen and oxygen atoms in total. The van der Waals surface area contributed by atoms with Crippen molar-refractivity contribution < 1.29 is 13.9 Å². The number of nitrogens with one attached hydrogen (secondary N) is 1. The molecule has 0 spiro atoms. The molecule has 0 aliphatic heterocycles. The normalized spacial score (nSPS) is 10.5. The maximum Gasteiger partial charge on any atom is 0.270 e. The second-order valence-electron chi connectivity index (χ2n) is 6.00. The van der Waals surface area contributed by atoms with Gasteiger partial charge in [0.05, 0.1) is 13.4 Å². The Bertz CT molecular complexity index is 1130. The SMILES string of the molecule is COc1ccccc1CCNC(=O)c1cc2nc(-c3ccco3)nn2c(N)n1.Cl.